The summed E-state index contributed by atoms with van der Waals surface area (Å²) >= 11 is 0. The number of allylic oxidation sites excluding steroid dienone is 8. The average Bonchev–Trinajstić information content (AvgIpc) is 2.96. The Hall–Kier alpha value is -2.10. The minimum absolute atomic E-state index is 0.307. The van der Waals surface area contributed by atoms with Crippen LogP contribution in [0.4, 0.5) is 0 Å². The van der Waals surface area contributed by atoms with Gasteiger partial charge in [0.05, 0.1) is 12.8 Å². The SMILES string of the molecule is CCCCC/C=C/C/C=C/CCCCCCCC(=O)OOC(=O)CCCCCCC/C=C/C/C=C/CCCCC. The van der Waals surface area contributed by atoms with Crippen molar-refractivity contribution < 1.29 is 19.4 Å². The molecule has 0 fully saturated rings. The zero-order valence-corrected chi connectivity index (χ0v) is 26.2. The highest BCUT2D eigenvalue weighted by Gasteiger charge is 2.09. The Labute approximate surface area is 247 Å². The second-order valence-electron chi connectivity index (χ2n) is 10.9. The molecule has 230 valence electrons. The topological polar surface area (TPSA) is 52.6 Å². The molecule has 0 aliphatic heterocycles. The van der Waals surface area contributed by atoms with Gasteiger partial charge in [0, 0.05) is 0 Å². The van der Waals surface area contributed by atoms with Gasteiger partial charge >= 0.3 is 11.9 Å². The first-order valence-corrected chi connectivity index (χ1v) is 16.7. The lowest BCUT2D eigenvalue weighted by atomic mass is 10.1. The van der Waals surface area contributed by atoms with Crippen LogP contribution in [-0.2, 0) is 19.4 Å². The van der Waals surface area contributed by atoms with Gasteiger partial charge in [-0.05, 0) is 77.0 Å². The quantitative estimate of drug-likeness (QED) is 0.0415. The fraction of sp³-hybridized carbons (Fsp3) is 0.722. The lowest BCUT2D eigenvalue weighted by Gasteiger charge is -2.04. The molecule has 0 saturated heterocycles. The molecule has 40 heavy (non-hydrogen) atoms. The van der Waals surface area contributed by atoms with Crippen molar-refractivity contribution in [3.63, 3.8) is 0 Å². The third-order valence-electron chi connectivity index (χ3n) is 6.89. The van der Waals surface area contributed by atoms with Crippen LogP contribution in [0.2, 0.25) is 0 Å². The molecule has 0 radical (unpaired) electrons. The Kier molecular flexibility index (Phi) is 31.4. The summed E-state index contributed by atoms with van der Waals surface area (Å²) < 4.78 is 0. The van der Waals surface area contributed by atoms with Crippen LogP contribution in [0.15, 0.2) is 48.6 Å². The maximum absolute atomic E-state index is 11.8. The molecule has 0 saturated carbocycles. The van der Waals surface area contributed by atoms with Gasteiger partial charge in [0.15, 0.2) is 0 Å². The first-order valence-electron chi connectivity index (χ1n) is 16.7. The molecule has 0 aromatic heterocycles. The summed E-state index contributed by atoms with van der Waals surface area (Å²) in [6.45, 7) is 4.47. The molecule has 0 atom stereocenters. The molecule has 0 rings (SSSR count). The van der Waals surface area contributed by atoms with Crippen LogP contribution in [-0.4, -0.2) is 11.9 Å². The number of rotatable bonds is 28. The Balaban J connectivity index is 3.42. The fourth-order valence-electron chi connectivity index (χ4n) is 4.34. The summed E-state index contributed by atoms with van der Waals surface area (Å²) in [6, 6.07) is 0. The van der Waals surface area contributed by atoms with E-state index in [2.05, 4.69) is 72.2 Å². The fourth-order valence-corrected chi connectivity index (χ4v) is 4.34. The van der Waals surface area contributed by atoms with Gasteiger partial charge < -0.3 is 0 Å². The summed E-state index contributed by atoms with van der Waals surface area (Å²) in [6.07, 6.45) is 43.8. The number of hydrogen-bond donors (Lipinski definition) is 0. The molecule has 0 aromatic rings. The van der Waals surface area contributed by atoms with E-state index in [0.717, 1.165) is 64.2 Å². The van der Waals surface area contributed by atoms with Crippen molar-refractivity contribution in [3.8, 4) is 0 Å². The van der Waals surface area contributed by atoms with E-state index in [0.29, 0.717) is 12.8 Å². The van der Waals surface area contributed by atoms with E-state index in [1.165, 1.54) is 77.0 Å². The molecule has 0 amide bonds. The number of hydrogen-bond acceptors (Lipinski definition) is 4. The number of unbranched alkanes of at least 4 members (excludes halogenated alkanes) is 16. The molecular formula is C36H62O4. The van der Waals surface area contributed by atoms with Crippen LogP contribution >= 0.6 is 0 Å². The van der Waals surface area contributed by atoms with E-state index in [9.17, 15) is 9.59 Å². The highest BCUT2D eigenvalue weighted by Crippen LogP contribution is 2.11. The summed E-state index contributed by atoms with van der Waals surface area (Å²) in [5.41, 5.74) is 0. The summed E-state index contributed by atoms with van der Waals surface area (Å²) in [5, 5.41) is 0. The zero-order chi connectivity index (χ0) is 29.2. The van der Waals surface area contributed by atoms with Gasteiger partial charge in [-0.15, -0.1) is 0 Å². The van der Waals surface area contributed by atoms with Crippen LogP contribution < -0.4 is 0 Å². The number of carbonyl (C=O) groups excluding carboxylic acids is 2. The highest BCUT2D eigenvalue weighted by molar-refractivity contribution is 5.72. The Morgan fingerprint density at radius 3 is 1.05 bits per heavy atom. The minimum Gasteiger partial charge on any atom is -0.247 e. The van der Waals surface area contributed by atoms with Crippen LogP contribution in [0, 0.1) is 0 Å². The van der Waals surface area contributed by atoms with Crippen molar-refractivity contribution in [1.82, 2.24) is 0 Å². The molecule has 0 unspecified atom stereocenters. The molecular weight excluding hydrogens is 496 g/mol. The lowest BCUT2D eigenvalue weighted by Crippen LogP contribution is -2.11. The maximum Gasteiger partial charge on any atom is 0.355 e. The van der Waals surface area contributed by atoms with E-state index in [1.54, 1.807) is 0 Å². The summed E-state index contributed by atoms with van der Waals surface area (Å²) in [5.74, 6) is -0.891. The van der Waals surface area contributed by atoms with Crippen molar-refractivity contribution in [2.45, 2.75) is 168 Å². The molecule has 0 N–H and O–H groups in total. The number of carbonyl (C=O) groups is 2. The molecule has 0 spiro atoms. The van der Waals surface area contributed by atoms with Gasteiger partial charge in [0.25, 0.3) is 0 Å². The van der Waals surface area contributed by atoms with Crippen LogP contribution in [0.1, 0.15) is 168 Å². The predicted octanol–water partition coefficient (Wildman–Crippen LogP) is 11.6. The Morgan fingerprint density at radius 1 is 0.400 bits per heavy atom. The van der Waals surface area contributed by atoms with E-state index < -0.39 is 11.9 Å². The van der Waals surface area contributed by atoms with Crippen molar-refractivity contribution in [2.75, 3.05) is 0 Å². The molecule has 0 aromatic carbocycles. The Bertz CT molecular complexity index is 616. The zero-order valence-electron chi connectivity index (χ0n) is 26.2. The molecule has 0 bridgehead atoms. The minimum atomic E-state index is -0.445. The third kappa shape index (κ3) is 32.1. The van der Waals surface area contributed by atoms with Gasteiger partial charge in [0.2, 0.25) is 0 Å². The van der Waals surface area contributed by atoms with Crippen LogP contribution in [0.25, 0.3) is 0 Å². The molecule has 4 nitrogen and oxygen atoms in total. The molecule has 0 aliphatic carbocycles. The van der Waals surface area contributed by atoms with E-state index in [-0.39, 0.29) is 0 Å². The maximum atomic E-state index is 11.8. The molecule has 4 heteroatoms. The first-order chi connectivity index (χ1) is 19.7. The van der Waals surface area contributed by atoms with Gasteiger partial charge in [-0.1, -0.05) is 127 Å². The van der Waals surface area contributed by atoms with E-state index >= 15 is 0 Å². The van der Waals surface area contributed by atoms with Crippen LogP contribution in [0.3, 0.4) is 0 Å². The van der Waals surface area contributed by atoms with Gasteiger partial charge in [-0.3, -0.25) is 0 Å². The molecule has 0 aliphatic rings. The lowest BCUT2D eigenvalue weighted by molar-refractivity contribution is -0.259. The van der Waals surface area contributed by atoms with Crippen molar-refractivity contribution in [3.05, 3.63) is 48.6 Å². The normalized spacial score (nSPS) is 11.9. The third-order valence-corrected chi connectivity index (χ3v) is 6.89. The van der Waals surface area contributed by atoms with Gasteiger partial charge in [0.1, 0.15) is 0 Å². The standard InChI is InChI=1S/C36H62O4/c1-3-5-7-9-11-13-15-17-19-21-23-25-27-29-31-33-35(37)39-40-36(38)34-32-30-28-26-24-22-20-18-16-14-12-10-8-6-4-2/h11-14,17-20H,3-10,15-16,21-34H2,1-2H3/b13-11+,14-12+,19-17+,20-18+. The van der Waals surface area contributed by atoms with Crippen molar-refractivity contribution >= 4 is 11.9 Å². The Morgan fingerprint density at radius 2 is 0.700 bits per heavy atom. The average molecular weight is 559 g/mol. The summed E-state index contributed by atoms with van der Waals surface area (Å²) in [4.78, 5) is 32.9. The van der Waals surface area contributed by atoms with E-state index in [1.807, 2.05) is 0 Å². The predicted molar refractivity (Wildman–Crippen MR) is 171 cm³/mol. The second kappa shape index (κ2) is 33.1. The monoisotopic (exact) mass is 558 g/mol. The highest BCUT2D eigenvalue weighted by atomic mass is 17.2. The van der Waals surface area contributed by atoms with Crippen molar-refractivity contribution in [2.24, 2.45) is 0 Å². The van der Waals surface area contributed by atoms with Crippen molar-refractivity contribution in [1.29, 1.82) is 0 Å². The van der Waals surface area contributed by atoms with E-state index in [4.69, 9.17) is 0 Å². The van der Waals surface area contributed by atoms with Gasteiger partial charge in [-0.2, -0.15) is 0 Å². The van der Waals surface area contributed by atoms with Gasteiger partial charge in [-0.25, -0.2) is 19.4 Å². The largest absolute Gasteiger partial charge is 0.355 e. The smallest absolute Gasteiger partial charge is 0.247 e. The van der Waals surface area contributed by atoms with Crippen LogP contribution in [0.5, 0.6) is 0 Å². The summed E-state index contributed by atoms with van der Waals surface area (Å²) in [7, 11) is 0. The molecule has 0 heterocycles. The second-order valence-corrected chi connectivity index (χ2v) is 10.9. The first kappa shape index (κ1) is 37.9.